The number of fused-ring (bicyclic) bond motifs is 3. The summed E-state index contributed by atoms with van der Waals surface area (Å²) in [5, 5.41) is 7.62. The lowest BCUT2D eigenvalue weighted by molar-refractivity contribution is 0.533. The minimum atomic E-state index is -0.296. The summed E-state index contributed by atoms with van der Waals surface area (Å²) in [4.78, 5) is 20.7. The van der Waals surface area contributed by atoms with Gasteiger partial charge >= 0.3 is 0 Å². The summed E-state index contributed by atoms with van der Waals surface area (Å²) in [6.45, 7) is 4.08. The molecule has 8 nitrogen and oxygen atoms in total. The molecule has 1 aliphatic heterocycles. The molecule has 3 atom stereocenters. The molecule has 1 saturated heterocycles. The summed E-state index contributed by atoms with van der Waals surface area (Å²) in [6.07, 6.45) is 6.15. The fraction of sp³-hybridized carbons (Fsp3) is 0.296. The number of H-pyrrole nitrogens is 1. The van der Waals surface area contributed by atoms with Crippen LogP contribution in [0.3, 0.4) is 0 Å². The number of hydrogen-bond acceptors (Lipinski definition) is 7. The quantitative estimate of drug-likeness (QED) is 0.403. The Bertz CT molecular complexity index is 1630. The minimum Gasteiger partial charge on any atom is -0.355 e. The molecule has 2 fully saturated rings. The zero-order chi connectivity index (χ0) is 24.4. The van der Waals surface area contributed by atoms with Crippen LogP contribution in [0.4, 0.5) is 10.2 Å². The number of hydrogen-bond donors (Lipinski definition) is 2. The zero-order valence-corrected chi connectivity index (χ0v) is 19.8. The van der Waals surface area contributed by atoms with Gasteiger partial charge in [0.1, 0.15) is 22.8 Å². The third-order valence-electron chi connectivity index (χ3n) is 8.27. The van der Waals surface area contributed by atoms with E-state index in [4.69, 9.17) is 15.7 Å². The van der Waals surface area contributed by atoms with Crippen LogP contribution in [0.15, 0.2) is 55.0 Å². The topological polar surface area (TPSA) is 110 Å². The maximum Gasteiger partial charge on any atom is 0.177 e. The maximum atomic E-state index is 14.7. The standard InChI is InChI=1S/C27H25FN8/c1-15-16(6-7-21-23(15)31-10-9-30-21)24-25-26(35-34-24)33-22(12-32-25)36-11-8-17-19(13-36)27(17,14-29)18-4-2-3-5-20(18)28/h2-7,9-10,12,17,19H,8,11,13-14,29H2,1H3,(H,33,34,35)/t17-,19+,27-/m1/s1. The summed E-state index contributed by atoms with van der Waals surface area (Å²) in [5.74, 6) is 1.32. The second kappa shape index (κ2) is 7.76. The lowest BCUT2D eigenvalue weighted by Gasteiger charge is -2.26. The van der Waals surface area contributed by atoms with Crippen LogP contribution in [0.2, 0.25) is 0 Å². The monoisotopic (exact) mass is 480 g/mol. The highest BCUT2D eigenvalue weighted by atomic mass is 19.1. The predicted octanol–water partition coefficient (Wildman–Crippen LogP) is 3.76. The van der Waals surface area contributed by atoms with Crippen molar-refractivity contribution in [1.29, 1.82) is 0 Å². The van der Waals surface area contributed by atoms with Crippen LogP contribution in [0.25, 0.3) is 33.5 Å². The fourth-order valence-electron chi connectivity index (χ4n) is 6.40. The lowest BCUT2D eigenvalue weighted by atomic mass is 9.91. The predicted molar refractivity (Wildman–Crippen MR) is 136 cm³/mol. The van der Waals surface area contributed by atoms with Crippen LogP contribution >= 0.6 is 0 Å². The van der Waals surface area contributed by atoms with Gasteiger partial charge in [-0.25, -0.2) is 14.4 Å². The van der Waals surface area contributed by atoms with Crippen LogP contribution in [0.1, 0.15) is 17.5 Å². The highest BCUT2D eigenvalue weighted by Gasteiger charge is 2.66. The van der Waals surface area contributed by atoms with Gasteiger partial charge in [-0.3, -0.25) is 15.1 Å². The number of nitrogens with two attached hydrogens (primary N) is 1. The van der Waals surface area contributed by atoms with E-state index in [9.17, 15) is 4.39 Å². The van der Waals surface area contributed by atoms with Crippen LogP contribution in [-0.2, 0) is 5.41 Å². The maximum absolute atomic E-state index is 14.7. The normalized spacial score (nSPS) is 23.2. The van der Waals surface area contributed by atoms with Gasteiger partial charge in [0.25, 0.3) is 0 Å². The molecular weight excluding hydrogens is 455 g/mol. The van der Waals surface area contributed by atoms with Crippen molar-refractivity contribution < 1.29 is 4.39 Å². The van der Waals surface area contributed by atoms with Crippen molar-refractivity contribution in [2.24, 2.45) is 17.6 Å². The van der Waals surface area contributed by atoms with Crippen LogP contribution in [-0.4, -0.2) is 49.8 Å². The van der Waals surface area contributed by atoms with E-state index in [0.29, 0.717) is 29.5 Å². The van der Waals surface area contributed by atoms with Crippen molar-refractivity contribution >= 4 is 28.0 Å². The second-order valence-corrected chi connectivity index (χ2v) is 9.83. The summed E-state index contributed by atoms with van der Waals surface area (Å²) in [5.41, 5.74) is 12.5. The van der Waals surface area contributed by atoms with Gasteiger partial charge in [-0.2, -0.15) is 5.10 Å². The van der Waals surface area contributed by atoms with E-state index in [1.54, 1.807) is 18.5 Å². The van der Waals surface area contributed by atoms with Crippen LogP contribution in [0, 0.1) is 24.6 Å². The smallest absolute Gasteiger partial charge is 0.177 e. The van der Waals surface area contributed by atoms with E-state index in [0.717, 1.165) is 58.7 Å². The number of aromatic nitrogens is 6. The molecule has 180 valence electrons. The summed E-state index contributed by atoms with van der Waals surface area (Å²) in [6, 6.07) is 11.0. The first-order chi connectivity index (χ1) is 17.6. The molecule has 7 rings (SSSR count). The van der Waals surface area contributed by atoms with E-state index in [1.165, 1.54) is 6.07 Å². The van der Waals surface area contributed by atoms with Crippen molar-refractivity contribution in [2.45, 2.75) is 18.8 Å². The molecule has 0 radical (unpaired) electrons. The molecule has 3 N–H and O–H groups in total. The second-order valence-electron chi connectivity index (χ2n) is 9.83. The summed E-state index contributed by atoms with van der Waals surface area (Å²) < 4.78 is 14.7. The van der Waals surface area contributed by atoms with Gasteiger partial charge in [-0.1, -0.05) is 24.3 Å². The highest BCUT2D eigenvalue weighted by Crippen LogP contribution is 2.63. The molecule has 1 saturated carbocycles. The summed E-state index contributed by atoms with van der Waals surface area (Å²) in [7, 11) is 0. The molecule has 0 unspecified atom stereocenters. The lowest BCUT2D eigenvalue weighted by Crippen LogP contribution is -2.32. The number of aromatic amines is 1. The Balaban J connectivity index is 1.20. The number of benzene rings is 2. The van der Waals surface area contributed by atoms with Gasteiger partial charge in [0.15, 0.2) is 5.65 Å². The van der Waals surface area contributed by atoms with Gasteiger partial charge in [-0.05, 0) is 48.4 Å². The molecule has 2 aliphatic rings. The molecule has 5 aromatic rings. The number of nitrogens with zero attached hydrogens (tertiary/aromatic N) is 6. The SMILES string of the molecule is Cc1c(-c2n[nH]c3nc(N4CC[C@@H]5[C@H](C4)[C@@]5(CN)c4ccccc4F)cnc23)ccc2nccnc12. The van der Waals surface area contributed by atoms with Gasteiger partial charge < -0.3 is 10.6 Å². The Hall–Kier alpha value is -3.98. The average Bonchev–Trinajstić information content (AvgIpc) is 3.38. The molecular formula is C27H25FN8. The van der Waals surface area contributed by atoms with E-state index < -0.39 is 0 Å². The fourth-order valence-corrected chi connectivity index (χ4v) is 6.40. The van der Waals surface area contributed by atoms with Crippen molar-refractivity contribution in [3.05, 3.63) is 71.9 Å². The molecule has 0 bridgehead atoms. The number of rotatable bonds is 4. The number of piperidine rings is 1. The first kappa shape index (κ1) is 21.3. The van der Waals surface area contributed by atoms with Crippen molar-refractivity contribution in [3.8, 4) is 11.3 Å². The van der Waals surface area contributed by atoms with Gasteiger partial charge in [0, 0.05) is 43.0 Å². The first-order valence-corrected chi connectivity index (χ1v) is 12.2. The Kier molecular flexibility index (Phi) is 4.59. The molecule has 3 aromatic heterocycles. The first-order valence-electron chi connectivity index (χ1n) is 12.2. The molecule has 0 amide bonds. The van der Waals surface area contributed by atoms with E-state index in [-0.39, 0.29) is 11.2 Å². The molecule has 36 heavy (non-hydrogen) atoms. The molecule has 9 heteroatoms. The zero-order valence-electron chi connectivity index (χ0n) is 19.8. The largest absolute Gasteiger partial charge is 0.355 e. The number of aryl methyl sites for hydroxylation is 1. The molecule has 1 aliphatic carbocycles. The third kappa shape index (κ3) is 2.92. The molecule has 4 heterocycles. The Morgan fingerprint density at radius 2 is 1.94 bits per heavy atom. The van der Waals surface area contributed by atoms with Gasteiger partial charge in [0.2, 0.25) is 0 Å². The molecule has 0 spiro atoms. The van der Waals surface area contributed by atoms with Crippen molar-refractivity contribution in [3.63, 3.8) is 0 Å². The number of nitrogens with one attached hydrogen (secondary N) is 1. The average molecular weight is 481 g/mol. The van der Waals surface area contributed by atoms with Crippen molar-refractivity contribution in [2.75, 3.05) is 24.5 Å². The van der Waals surface area contributed by atoms with E-state index >= 15 is 0 Å². The van der Waals surface area contributed by atoms with E-state index in [1.807, 2.05) is 37.4 Å². The molecule has 2 aromatic carbocycles. The van der Waals surface area contributed by atoms with E-state index in [2.05, 4.69) is 25.1 Å². The van der Waals surface area contributed by atoms with Crippen LogP contribution < -0.4 is 10.6 Å². The summed E-state index contributed by atoms with van der Waals surface area (Å²) >= 11 is 0. The Morgan fingerprint density at radius 1 is 1.08 bits per heavy atom. The Morgan fingerprint density at radius 3 is 2.81 bits per heavy atom. The third-order valence-corrected chi connectivity index (χ3v) is 8.27. The van der Waals surface area contributed by atoms with Gasteiger partial charge in [0.05, 0.1) is 17.2 Å². The van der Waals surface area contributed by atoms with Crippen LogP contribution in [0.5, 0.6) is 0 Å². The van der Waals surface area contributed by atoms with Gasteiger partial charge in [-0.15, -0.1) is 0 Å². The number of anilines is 1. The number of halogens is 1. The van der Waals surface area contributed by atoms with Crippen molar-refractivity contribution in [1.82, 2.24) is 30.1 Å². The minimum absolute atomic E-state index is 0.162. The Labute approximate surface area is 206 Å². The highest BCUT2D eigenvalue weighted by molar-refractivity contribution is 5.93.